The van der Waals surface area contributed by atoms with Gasteiger partial charge in [0.25, 0.3) is 0 Å². The third kappa shape index (κ3) is 9.51. The van der Waals surface area contributed by atoms with Gasteiger partial charge in [0.2, 0.25) is 0 Å². The Bertz CT molecular complexity index is 418. The second-order valence-corrected chi connectivity index (χ2v) is 8.43. The van der Waals surface area contributed by atoms with E-state index in [0.29, 0.717) is 19.6 Å². The predicted molar refractivity (Wildman–Crippen MR) is 99.4 cm³/mol. The van der Waals surface area contributed by atoms with Crippen molar-refractivity contribution in [2.45, 2.75) is 33.2 Å². The summed E-state index contributed by atoms with van der Waals surface area (Å²) >= 11 is 0. The monoisotopic (exact) mass is 432 g/mol. The van der Waals surface area contributed by atoms with Crippen molar-refractivity contribution in [3.05, 3.63) is 0 Å². The first-order chi connectivity index (χ1) is 9.22. The van der Waals surface area contributed by atoms with Gasteiger partial charge in [-0.05, 0) is 27.7 Å². The molecule has 0 aromatic heterocycles. The molecule has 1 fully saturated rings. The van der Waals surface area contributed by atoms with Gasteiger partial charge >= 0.3 is 0 Å². The lowest BCUT2D eigenvalue weighted by atomic mass is 10.1. The topological polar surface area (TPSA) is 73.8 Å². The number of halogens is 1. The summed E-state index contributed by atoms with van der Waals surface area (Å²) in [6.45, 7) is 11.9. The Kier molecular flexibility index (Phi) is 9.10. The number of hydrogen-bond acceptors (Lipinski definition) is 4. The SMILES string of the molecule is CCNC(=NCCN1CCS(=O)(=O)CC1)NC(C)(C)C.I. The van der Waals surface area contributed by atoms with E-state index in [4.69, 9.17) is 0 Å². The Hall–Kier alpha value is -0.0900. The molecule has 1 aliphatic rings. The van der Waals surface area contributed by atoms with Crippen molar-refractivity contribution in [1.82, 2.24) is 15.5 Å². The van der Waals surface area contributed by atoms with E-state index in [9.17, 15) is 8.42 Å². The highest BCUT2D eigenvalue weighted by atomic mass is 127. The highest BCUT2D eigenvalue weighted by Gasteiger charge is 2.20. The third-order valence-corrected chi connectivity index (χ3v) is 4.57. The molecule has 6 nitrogen and oxygen atoms in total. The molecule has 1 heterocycles. The van der Waals surface area contributed by atoms with E-state index in [1.54, 1.807) is 0 Å². The molecule has 0 unspecified atom stereocenters. The molecular weight excluding hydrogens is 403 g/mol. The zero-order chi connectivity index (χ0) is 15.2. The number of hydrogen-bond donors (Lipinski definition) is 2. The van der Waals surface area contributed by atoms with Gasteiger partial charge in [-0.25, -0.2) is 8.42 Å². The van der Waals surface area contributed by atoms with E-state index in [1.165, 1.54) is 0 Å². The number of rotatable bonds is 4. The van der Waals surface area contributed by atoms with Crippen LogP contribution in [0.3, 0.4) is 0 Å². The van der Waals surface area contributed by atoms with Crippen LogP contribution in [0.15, 0.2) is 4.99 Å². The Morgan fingerprint density at radius 1 is 1.24 bits per heavy atom. The van der Waals surface area contributed by atoms with E-state index >= 15 is 0 Å². The van der Waals surface area contributed by atoms with E-state index < -0.39 is 9.84 Å². The maximum Gasteiger partial charge on any atom is 0.191 e. The van der Waals surface area contributed by atoms with Gasteiger partial charge < -0.3 is 10.6 Å². The van der Waals surface area contributed by atoms with Gasteiger partial charge in [0, 0.05) is 31.7 Å². The standard InChI is InChI=1S/C13H28N4O2S.HI/c1-5-14-12(16-13(2,3)4)15-6-7-17-8-10-20(18,19)11-9-17;/h5-11H2,1-4H3,(H2,14,15,16);1H. The van der Waals surface area contributed by atoms with Crippen LogP contribution in [-0.4, -0.2) is 69.0 Å². The quantitative estimate of drug-likeness (QED) is 0.389. The molecule has 126 valence electrons. The van der Waals surface area contributed by atoms with E-state index in [2.05, 4.69) is 41.3 Å². The molecule has 8 heteroatoms. The fourth-order valence-corrected chi connectivity index (χ4v) is 3.22. The zero-order valence-electron chi connectivity index (χ0n) is 13.5. The van der Waals surface area contributed by atoms with Crippen LogP contribution in [0.4, 0.5) is 0 Å². The second kappa shape index (κ2) is 9.14. The molecule has 0 radical (unpaired) electrons. The minimum Gasteiger partial charge on any atom is -0.357 e. The lowest BCUT2D eigenvalue weighted by Gasteiger charge is -2.26. The summed E-state index contributed by atoms with van der Waals surface area (Å²) in [5.74, 6) is 1.36. The first-order valence-corrected chi connectivity index (χ1v) is 9.03. The van der Waals surface area contributed by atoms with Crippen LogP contribution >= 0.6 is 24.0 Å². The predicted octanol–water partition coefficient (Wildman–Crippen LogP) is 0.688. The molecule has 0 bridgehead atoms. The van der Waals surface area contributed by atoms with Gasteiger partial charge in [-0.2, -0.15) is 0 Å². The van der Waals surface area contributed by atoms with E-state index in [1.807, 2.05) is 6.92 Å². The Morgan fingerprint density at radius 3 is 2.29 bits per heavy atom. The lowest BCUT2D eigenvalue weighted by molar-refractivity contribution is 0.304. The average molecular weight is 432 g/mol. The van der Waals surface area contributed by atoms with Crippen molar-refractivity contribution < 1.29 is 8.42 Å². The minimum absolute atomic E-state index is 0. The molecule has 0 amide bonds. The molecule has 0 spiro atoms. The number of sulfone groups is 1. The van der Waals surface area contributed by atoms with Gasteiger partial charge in [0.1, 0.15) is 0 Å². The maximum atomic E-state index is 11.3. The molecule has 0 aliphatic carbocycles. The number of nitrogens with one attached hydrogen (secondary N) is 2. The van der Waals surface area contributed by atoms with Gasteiger partial charge in [-0.1, -0.05) is 0 Å². The number of aliphatic imine (C=N–C) groups is 1. The highest BCUT2D eigenvalue weighted by Crippen LogP contribution is 2.03. The number of guanidine groups is 1. The maximum absolute atomic E-state index is 11.3. The van der Waals surface area contributed by atoms with Gasteiger partial charge in [-0.15, -0.1) is 24.0 Å². The normalized spacial score (nSPS) is 19.7. The van der Waals surface area contributed by atoms with Gasteiger partial charge in [0.05, 0.1) is 18.1 Å². The molecule has 1 rings (SSSR count). The van der Waals surface area contributed by atoms with Crippen LogP contribution in [-0.2, 0) is 9.84 Å². The number of nitrogens with zero attached hydrogens (tertiary/aromatic N) is 2. The third-order valence-electron chi connectivity index (χ3n) is 2.96. The molecule has 0 saturated carbocycles. The van der Waals surface area contributed by atoms with Crippen molar-refractivity contribution in [3.8, 4) is 0 Å². The molecule has 1 aliphatic heterocycles. The van der Waals surface area contributed by atoms with E-state index in [-0.39, 0.29) is 41.0 Å². The highest BCUT2D eigenvalue weighted by molar-refractivity contribution is 14.0. The molecule has 1 saturated heterocycles. The van der Waals surface area contributed by atoms with Crippen LogP contribution in [0.1, 0.15) is 27.7 Å². The Labute approximate surface area is 146 Å². The van der Waals surface area contributed by atoms with Crippen LogP contribution < -0.4 is 10.6 Å². The molecule has 0 atom stereocenters. The van der Waals surface area contributed by atoms with Crippen LogP contribution in [0.2, 0.25) is 0 Å². The first-order valence-electron chi connectivity index (χ1n) is 7.21. The summed E-state index contributed by atoms with van der Waals surface area (Å²) in [5.41, 5.74) is -0.0276. The van der Waals surface area contributed by atoms with Crippen LogP contribution in [0.5, 0.6) is 0 Å². The van der Waals surface area contributed by atoms with Crippen molar-refractivity contribution in [2.75, 3.05) is 44.2 Å². The van der Waals surface area contributed by atoms with Crippen molar-refractivity contribution in [1.29, 1.82) is 0 Å². The zero-order valence-corrected chi connectivity index (χ0v) is 16.6. The summed E-state index contributed by atoms with van der Waals surface area (Å²) in [6, 6.07) is 0. The Balaban J connectivity index is 0.00000400. The summed E-state index contributed by atoms with van der Waals surface area (Å²) in [6.07, 6.45) is 0. The lowest BCUT2D eigenvalue weighted by Crippen LogP contribution is -2.48. The second-order valence-electron chi connectivity index (χ2n) is 6.13. The summed E-state index contributed by atoms with van der Waals surface area (Å²) in [7, 11) is -2.79. The molecule has 0 aromatic rings. The fourth-order valence-electron chi connectivity index (χ4n) is 1.94. The molecule has 21 heavy (non-hydrogen) atoms. The average Bonchev–Trinajstić information content (AvgIpc) is 2.29. The molecular formula is C13H29IN4O2S. The van der Waals surface area contributed by atoms with Crippen molar-refractivity contribution in [2.24, 2.45) is 4.99 Å². The summed E-state index contributed by atoms with van der Waals surface area (Å²) in [5, 5.41) is 6.55. The largest absolute Gasteiger partial charge is 0.357 e. The van der Waals surface area contributed by atoms with Crippen molar-refractivity contribution >= 4 is 39.8 Å². The van der Waals surface area contributed by atoms with Crippen LogP contribution in [0, 0.1) is 0 Å². The van der Waals surface area contributed by atoms with Crippen LogP contribution in [0.25, 0.3) is 0 Å². The summed E-state index contributed by atoms with van der Waals surface area (Å²) in [4.78, 5) is 6.69. The summed E-state index contributed by atoms with van der Waals surface area (Å²) < 4.78 is 22.7. The van der Waals surface area contributed by atoms with Crippen molar-refractivity contribution in [3.63, 3.8) is 0 Å². The first kappa shape index (κ1) is 20.9. The van der Waals surface area contributed by atoms with Gasteiger partial charge in [-0.3, -0.25) is 9.89 Å². The van der Waals surface area contributed by atoms with E-state index in [0.717, 1.165) is 19.0 Å². The Morgan fingerprint density at radius 2 is 1.81 bits per heavy atom. The fraction of sp³-hybridized carbons (Fsp3) is 0.923. The smallest absolute Gasteiger partial charge is 0.191 e. The van der Waals surface area contributed by atoms with Gasteiger partial charge in [0.15, 0.2) is 15.8 Å². The minimum atomic E-state index is -2.79. The molecule has 2 N–H and O–H groups in total. The molecule has 0 aromatic carbocycles.